The minimum Gasteiger partial charge on any atom is -0.345 e. The molecule has 29 heavy (non-hydrogen) atoms. The van der Waals surface area contributed by atoms with Crippen molar-refractivity contribution in [3.63, 3.8) is 0 Å². The van der Waals surface area contributed by atoms with Crippen molar-refractivity contribution in [2.75, 3.05) is 11.1 Å². The number of benzene rings is 2. The van der Waals surface area contributed by atoms with Crippen molar-refractivity contribution >= 4 is 40.9 Å². The smallest absolute Gasteiger partial charge is 0.251 e. The number of hydrogen-bond acceptors (Lipinski definition) is 5. The zero-order valence-electron chi connectivity index (χ0n) is 15.4. The maximum Gasteiger partial charge on any atom is 0.251 e. The summed E-state index contributed by atoms with van der Waals surface area (Å²) in [5, 5.41) is 14.6. The van der Waals surface area contributed by atoms with Gasteiger partial charge in [0.05, 0.1) is 12.3 Å². The molecular formula is C19H17ClFN5O2S. The third-order valence-corrected chi connectivity index (χ3v) is 5.17. The second kappa shape index (κ2) is 9.53. The highest BCUT2D eigenvalue weighted by Crippen LogP contribution is 2.17. The summed E-state index contributed by atoms with van der Waals surface area (Å²) in [6, 6.07) is 12.1. The predicted molar refractivity (Wildman–Crippen MR) is 109 cm³/mol. The molecule has 3 aromatic rings. The summed E-state index contributed by atoms with van der Waals surface area (Å²) < 4.78 is 14.6. The van der Waals surface area contributed by atoms with E-state index in [0.29, 0.717) is 27.3 Å². The molecule has 0 unspecified atom stereocenters. The van der Waals surface area contributed by atoms with Crippen LogP contribution in [0.5, 0.6) is 0 Å². The van der Waals surface area contributed by atoms with Crippen LogP contribution >= 0.6 is 23.4 Å². The van der Waals surface area contributed by atoms with Crippen molar-refractivity contribution in [2.24, 2.45) is 7.05 Å². The first-order valence-corrected chi connectivity index (χ1v) is 9.89. The van der Waals surface area contributed by atoms with Gasteiger partial charge in [0.25, 0.3) is 5.91 Å². The summed E-state index contributed by atoms with van der Waals surface area (Å²) in [4.78, 5) is 24.2. The van der Waals surface area contributed by atoms with Crippen molar-refractivity contribution in [1.29, 1.82) is 0 Å². The summed E-state index contributed by atoms with van der Waals surface area (Å²) in [5.41, 5.74) is 1.00. The number of anilines is 1. The van der Waals surface area contributed by atoms with Gasteiger partial charge in [0.2, 0.25) is 5.91 Å². The summed E-state index contributed by atoms with van der Waals surface area (Å²) in [5.74, 6) is -0.207. The van der Waals surface area contributed by atoms with E-state index < -0.39 is 0 Å². The molecule has 0 radical (unpaired) electrons. The first-order chi connectivity index (χ1) is 13.9. The van der Waals surface area contributed by atoms with Gasteiger partial charge in [-0.05, 0) is 48.5 Å². The van der Waals surface area contributed by atoms with E-state index in [0.717, 1.165) is 0 Å². The molecule has 0 fully saturated rings. The number of rotatable bonds is 7. The van der Waals surface area contributed by atoms with Crippen molar-refractivity contribution in [1.82, 2.24) is 20.1 Å². The van der Waals surface area contributed by atoms with Crippen LogP contribution in [0, 0.1) is 5.82 Å². The van der Waals surface area contributed by atoms with Gasteiger partial charge >= 0.3 is 0 Å². The van der Waals surface area contributed by atoms with Gasteiger partial charge in [-0.15, -0.1) is 10.2 Å². The molecule has 0 atom stereocenters. The zero-order chi connectivity index (χ0) is 20.8. The van der Waals surface area contributed by atoms with Gasteiger partial charge in [-0.2, -0.15) is 0 Å². The molecule has 150 valence electrons. The van der Waals surface area contributed by atoms with E-state index in [2.05, 4.69) is 20.8 Å². The van der Waals surface area contributed by atoms with Crippen molar-refractivity contribution in [3.05, 3.63) is 70.8 Å². The Morgan fingerprint density at radius 3 is 2.48 bits per heavy atom. The maximum atomic E-state index is 12.9. The van der Waals surface area contributed by atoms with E-state index in [1.165, 1.54) is 36.0 Å². The van der Waals surface area contributed by atoms with Crippen LogP contribution < -0.4 is 10.6 Å². The molecule has 0 saturated carbocycles. The molecule has 0 saturated heterocycles. The van der Waals surface area contributed by atoms with Gasteiger partial charge in [-0.1, -0.05) is 23.4 Å². The van der Waals surface area contributed by atoms with Crippen LogP contribution in [0.15, 0.2) is 53.7 Å². The molecule has 3 rings (SSSR count). The average molecular weight is 434 g/mol. The molecule has 0 aliphatic heterocycles. The molecule has 0 spiro atoms. The van der Waals surface area contributed by atoms with Gasteiger partial charge < -0.3 is 15.2 Å². The Hall–Kier alpha value is -2.91. The molecule has 2 amide bonds. The topological polar surface area (TPSA) is 88.9 Å². The Bertz CT molecular complexity index is 1010. The molecule has 10 heteroatoms. The second-order valence-corrected chi connectivity index (χ2v) is 7.37. The normalized spacial score (nSPS) is 10.6. The van der Waals surface area contributed by atoms with E-state index in [9.17, 15) is 14.0 Å². The van der Waals surface area contributed by atoms with Gasteiger partial charge in [-0.3, -0.25) is 9.59 Å². The lowest BCUT2D eigenvalue weighted by Crippen LogP contribution is -2.24. The van der Waals surface area contributed by atoms with Crippen LogP contribution in [0.4, 0.5) is 10.1 Å². The Morgan fingerprint density at radius 1 is 1.10 bits per heavy atom. The fourth-order valence-corrected chi connectivity index (χ4v) is 3.20. The first kappa shape index (κ1) is 20.8. The molecule has 1 heterocycles. The largest absolute Gasteiger partial charge is 0.345 e. The summed E-state index contributed by atoms with van der Waals surface area (Å²) >= 11 is 7.02. The number of carbonyl (C=O) groups is 2. The molecule has 2 aromatic carbocycles. The highest BCUT2D eigenvalue weighted by molar-refractivity contribution is 7.99. The number of halogens is 2. The fraction of sp³-hybridized carbons (Fsp3) is 0.158. The van der Waals surface area contributed by atoms with E-state index in [4.69, 9.17) is 11.6 Å². The lowest BCUT2D eigenvalue weighted by molar-refractivity contribution is -0.113. The lowest BCUT2D eigenvalue weighted by Gasteiger charge is -2.07. The van der Waals surface area contributed by atoms with Gasteiger partial charge in [-0.25, -0.2) is 4.39 Å². The second-order valence-electron chi connectivity index (χ2n) is 5.99. The molecule has 7 nitrogen and oxygen atoms in total. The van der Waals surface area contributed by atoms with Crippen molar-refractivity contribution in [3.8, 4) is 0 Å². The molecular weight excluding hydrogens is 417 g/mol. The number of carbonyl (C=O) groups excluding carboxylic acids is 2. The van der Waals surface area contributed by atoms with E-state index in [1.54, 1.807) is 35.9 Å². The highest BCUT2D eigenvalue weighted by atomic mass is 35.5. The van der Waals surface area contributed by atoms with E-state index >= 15 is 0 Å². The molecule has 0 aliphatic carbocycles. The maximum absolute atomic E-state index is 12.9. The summed E-state index contributed by atoms with van der Waals surface area (Å²) in [6.45, 7) is 0.188. The third-order valence-electron chi connectivity index (χ3n) is 3.90. The Balaban J connectivity index is 1.51. The summed E-state index contributed by atoms with van der Waals surface area (Å²) in [6.07, 6.45) is 0. The fourth-order valence-electron chi connectivity index (χ4n) is 2.35. The van der Waals surface area contributed by atoms with Crippen LogP contribution in [-0.2, 0) is 18.4 Å². The summed E-state index contributed by atoms with van der Waals surface area (Å²) in [7, 11) is 1.75. The minimum atomic E-state index is -0.368. The Labute approximate surface area is 175 Å². The molecule has 1 aromatic heterocycles. The molecule has 0 aliphatic rings. The van der Waals surface area contributed by atoms with Crippen LogP contribution in [0.25, 0.3) is 0 Å². The predicted octanol–water partition coefficient (Wildman–Crippen LogP) is 3.27. The van der Waals surface area contributed by atoms with Gasteiger partial charge in [0.1, 0.15) is 5.82 Å². The van der Waals surface area contributed by atoms with Crippen LogP contribution in [-0.4, -0.2) is 32.3 Å². The number of thioether (sulfide) groups is 1. The molecule has 0 bridgehead atoms. The SMILES string of the molecule is Cn1c(CNC(=O)c2ccc(Cl)cc2)nnc1SCC(=O)Nc1ccc(F)cc1. The van der Waals surface area contributed by atoms with Crippen LogP contribution in [0.1, 0.15) is 16.2 Å². The Kier molecular flexibility index (Phi) is 6.84. The van der Waals surface area contributed by atoms with Gasteiger partial charge in [0, 0.05) is 23.3 Å². The first-order valence-electron chi connectivity index (χ1n) is 8.52. The monoisotopic (exact) mass is 433 g/mol. The van der Waals surface area contributed by atoms with Crippen molar-refractivity contribution < 1.29 is 14.0 Å². The standard InChI is InChI=1S/C19H17ClFN5O2S/c1-26-16(10-22-18(28)12-2-4-13(20)5-3-12)24-25-19(26)29-11-17(27)23-15-8-6-14(21)7-9-15/h2-9H,10-11H2,1H3,(H,22,28)(H,23,27). The van der Waals surface area contributed by atoms with Crippen LogP contribution in [0.3, 0.4) is 0 Å². The van der Waals surface area contributed by atoms with Crippen molar-refractivity contribution in [2.45, 2.75) is 11.7 Å². The van der Waals surface area contributed by atoms with Gasteiger partial charge in [0.15, 0.2) is 11.0 Å². The van der Waals surface area contributed by atoms with Crippen LogP contribution in [0.2, 0.25) is 5.02 Å². The number of aromatic nitrogens is 3. The number of amides is 2. The lowest BCUT2D eigenvalue weighted by atomic mass is 10.2. The average Bonchev–Trinajstić information content (AvgIpc) is 3.06. The van der Waals surface area contributed by atoms with E-state index in [1.807, 2.05) is 0 Å². The highest BCUT2D eigenvalue weighted by Gasteiger charge is 2.13. The quantitative estimate of drug-likeness (QED) is 0.558. The third kappa shape index (κ3) is 5.78. The number of nitrogens with zero attached hydrogens (tertiary/aromatic N) is 3. The molecule has 2 N–H and O–H groups in total. The minimum absolute atomic E-state index is 0.112. The number of nitrogens with one attached hydrogen (secondary N) is 2. The van der Waals surface area contributed by atoms with E-state index in [-0.39, 0.29) is 29.9 Å². The Morgan fingerprint density at radius 2 is 1.79 bits per heavy atom. The number of hydrogen-bond donors (Lipinski definition) is 2. The zero-order valence-corrected chi connectivity index (χ0v) is 16.9.